The molecule has 2 aromatic rings. The van der Waals surface area contributed by atoms with Crippen LogP contribution in [0.2, 0.25) is 0 Å². The maximum Gasteiger partial charge on any atom is 0.224 e. The average Bonchev–Trinajstić information content (AvgIpc) is 2.56. The van der Waals surface area contributed by atoms with Crippen molar-refractivity contribution in [2.45, 2.75) is 12.8 Å². The first-order valence-corrected chi connectivity index (χ1v) is 7.24. The molecule has 2 rings (SSSR count). The predicted octanol–water partition coefficient (Wildman–Crippen LogP) is 2.61. The van der Waals surface area contributed by atoms with Gasteiger partial charge in [0.1, 0.15) is 11.5 Å². The highest BCUT2D eigenvalue weighted by atomic mass is 16.5. The Balaban J connectivity index is 1.77. The standard InChI is InChI=1S/C18H21NO3/c1-21-16-8-6-15(7-9-16)13-18(20)19-11-10-14-4-3-5-17(12-14)22-2/h3-9,12H,10-11,13H2,1-2H3,(H,19,20). The summed E-state index contributed by atoms with van der Waals surface area (Å²) in [6.07, 6.45) is 1.16. The van der Waals surface area contributed by atoms with Gasteiger partial charge in [0, 0.05) is 6.54 Å². The largest absolute Gasteiger partial charge is 0.497 e. The number of ether oxygens (including phenoxy) is 2. The van der Waals surface area contributed by atoms with Gasteiger partial charge in [-0.05, 0) is 41.8 Å². The van der Waals surface area contributed by atoms with Crippen molar-refractivity contribution in [2.75, 3.05) is 20.8 Å². The Bertz CT molecular complexity index is 608. The predicted molar refractivity (Wildman–Crippen MR) is 86.4 cm³/mol. The molecule has 0 atom stereocenters. The highest BCUT2D eigenvalue weighted by molar-refractivity contribution is 5.78. The van der Waals surface area contributed by atoms with Crippen LogP contribution in [0.4, 0.5) is 0 Å². The lowest BCUT2D eigenvalue weighted by Gasteiger charge is -2.07. The molecule has 22 heavy (non-hydrogen) atoms. The third-order valence-corrected chi connectivity index (χ3v) is 3.39. The van der Waals surface area contributed by atoms with E-state index in [9.17, 15) is 4.79 Å². The van der Waals surface area contributed by atoms with Gasteiger partial charge in [-0.1, -0.05) is 24.3 Å². The fraction of sp³-hybridized carbons (Fsp3) is 0.278. The van der Waals surface area contributed by atoms with E-state index in [0.717, 1.165) is 29.0 Å². The first-order valence-electron chi connectivity index (χ1n) is 7.24. The molecule has 0 bridgehead atoms. The first-order chi connectivity index (χ1) is 10.7. The molecule has 0 aliphatic heterocycles. The van der Waals surface area contributed by atoms with E-state index in [0.29, 0.717) is 13.0 Å². The van der Waals surface area contributed by atoms with Gasteiger partial charge < -0.3 is 14.8 Å². The number of carbonyl (C=O) groups is 1. The molecule has 0 fully saturated rings. The smallest absolute Gasteiger partial charge is 0.224 e. The van der Waals surface area contributed by atoms with Crippen LogP contribution in [0.15, 0.2) is 48.5 Å². The lowest BCUT2D eigenvalue weighted by atomic mass is 10.1. The second-order valence-corrected chi connectivity index (χ2v) is 4.98. The summed E-state index contributed by atoms with van der Waals surface area (Å²) in [6.45, 7) is 0.613. The van der Waals surface area contributed by atoms with E-state index >= 15 is 0 Å². The summed E-state index contributed by atoms with van der Waals surface area (Å²) in [5, 5.41) is 2.93. The van der Waals surface area contributed by atoms with Gasteiger partial charge in [0.05, 0.1) is 20.6 Å². The molecule has 0 radical (unpaired) electrons. The minimum Gasteiger partial charge on any atom is -0.497 e. The quantitative estimate of drug-likeness (QED) is 0.855. The van der Waals surface area contributed by atoms with Gasteiger partial charge in [-0.25, -0.2) is 0 Å². The Morgan fingerprint density at radius 3 is 2.36 bits per heavy atom. The van der Waals surface area contributed by atoms with Gasteiger partial charge in [0.2, 0.25) is 5.91 Å². The second-order valence-electron chi connectivity index (χ2n) is 4.98. The van der Waals surface area contributed by atoms with Crippen LogP contribution in [0.1, 0.15) is 11.1 Å². The summed E-state index contributed by atoms with van der Waals surface area (Å²) in [6, 6.07) is 15.4. The number of nitrogens with one attached hydrogen (secondary N) is 1. The van der Waals surface area contributed by atoms with Crippen molar-refractivity contribution in [3.63, 3.8) is 0 Å². The van der Waals surface area contributed by atoms with E-state index in [4.69, 9.17) is 9.47 Å². The minimum absolute atomic E-state index is 0.0214. The van der Waals surface area contributed by atoms with Gasteiger partial charge in [0.25, 0.3) is 0 Å². The summed E-state index contributed by atoms with van der Waals surface area (Å²) in [4.78, 5) is 11.9. The molecule has 0 saturated heterocycles. The summed E-state index contributed by atoms with van der Waals surface area (Å²) in [5.41, 5.74) is 2.11. The van der Waals surface area contributed by atoms with Crippen LogP contribution in [-0.4, -0.2) is 26.7 Å². The lowest BCUT2D eigenvalue weighted by Crippen LogP contribution is -2.27. The topological polar surface area (TPSA) is 47.6 Å². The molecule has 1 amide bonds. The van der Waals surface area contributed by atoms with E-state index in [1.54, 1.807) is 14.2 Å². The van der Waals surface area contributed by atoms with Crippen LogP contribution in [-0.2, 0) is 17.6 Å². The Hall–Kier alpha value is -2.49. The van der Waals surface area contributed by atoms with Crippen molar-refractivity contribution in [3.05, 3.63) is 59.7 Å². The molecule has 116 valence electrons. The van der Waals surface area contributed by atoms with E-state index in [1.807, 2.05) is 48.5 Å². The van der Waals surface area contributed by atoms with Gasteiger partial charge in [-0.15, -0.1) is 0 Å². The zero-order valence-electron chi connectivity index (χ0n) is 13.0. The molecule has 0 spiro atoms. The Morgan fingerprint density at radius 1 is 0.955 bits per heavy atom. The molecular weight excluding hydrogens is 278 g/mol. The summed E-state index contributed by atoms with van der Waals surface area (Å²) in [5.74, 6) is 1.65. The summed E-state index contributed by atoms with van der Waals surface area (Å²) in [7, 11) is 3.27. The Labute approximate surface area is 131 Å². The van der Waals surface area contributed by atoms with Gasteiger partial charge >= 0.3 is 0 Å². The molecule has 2 aromatic carbocycles. The zero-order valence-corrected chi connectivity index (χ0v) is 13.0. The van der Waals surface area contributed by atoms with Crippen molar-refractivity contribution in [3.8, 4) is 11.5 Å². The van der Waals surface area contributed by atoms with E-state index in [1.165, 1.54) is 0 Å². The highest BCUT2D eigenvalue weighted by Gasteiger charge is 2.04. The third-order valence-electron chi connectivity index (χ3n) is 3.39. The van der Waals surface area contributed by atoms with Crippen LogP contribution in [0.25, 0.3) is 0 Å². The minimum atomic E-state index is 0.0214. The van der Waals surface area contributed by atoms with Crippen LogP contribution in [0, 0.1) is 0 Å². The first kappa shape index (κ1) is 15.9. The normalized spacial score (nSPS) is 10.1. The van der Waals surface area contributed by atoms with Crippen molar-refractivity contribution in [1.82, 2.24) is 5.32 Å². The lowest BCUT2D eigenvalue weighted by molar-refractivity contribution is -0.120. The van der Waals surface area contributed by atoms with Crippen LogP contribution in [0.5, 0.6) is 11.5 Å². The van der Waals surface area contributed by atoms with Crippen molar-refractivity contribution >= 4 is 5.91 Å². The molecule has 0 aromatic heterocycles. The molecule has 4 heteroatoms. The number of hydrogen-bond acceptors (Lipinski definition) is 3. The van der Waals surface area contributed by atoms with E-state index < -0.39 is 0 Å². The molecule has 0 saturated carbocycles. The third kappa shape index (κ3) is 4.81. The van der Waals surface area contributed by atoms with Crippen molar-refractivity contribution < 1.29 is 14.3 Å². The van der Waals surface area contributed by atoms with Gasteiger partial charge in [0.15, 0.2) is 0 Å². The SMILES string of the molecule is COc1ccc(CC(=O)NCCc2cccc(OC)c2)cc1. The van der Waals surface area contributed by atoms with E-state index in [-0.39, 0.29) is 5.91 Å². The summed E-state index contributed by atoms with van der Waals surface area (Å²) < 4.78 is 10.3. The maximum atomic E-state index is 11.9. The maximum absolute atomic E-state index is 11.9. The Kier molecular flexibility index (Phi) is 5.83. The number of carbonyl (C=O) groups excluding carboxylic acids is 1. The molecular formula is C18H21NO3. The van der Waals surface area contributed by atoms with Crippen LogP contribution in [0.3, 0.4) is 0 Å². The van der Waals surface area contributed by atoms with Crippen LogP contribution < -0.4 is 14.8 Å². The molecule has 0 unspecified atom stereocenters. The Morgan fingerprint density at radius 2 is 1.68 bits per heavy atom. The van der Waals surface area contributed by atoms with Crippen molar-refractivity contribution in [2.24, 2.45) is 0 Å². The van der Waals surface area contributed by atoms with Gasteiger partial charge in [-0.3, -0.25) is 4.79 Å². The number of benzene rings is 2. The van der Waals surface area contributed by atoms with Gasteiger partial charge in [-0.2, -0.15) is 0 Å². The molecule has 0 heterocycles. The van der Waals surface area contributed by atoms with Crippen molar-refractivity contribution in [1.29, 1.82) is 0 Å². The number of hydrogen-bond donors (Lipinski definition) is 1. The average molecular weight is 299 g/mol. The number of methoxy groups -OCH3 is 2. The van der Waals surface area contributed by atoms with Crippen LogP contribution >= 0.6 is 0 Å². The van der Waals surface area contributed by atoms with E-state index in [2.05, 4.69) is 5.32 Å². The number of rotatable bonds is 7. The second kappa shape index (κ2) is 8.08. The molecule has 0 aliphatic rings. The molecule has 1 N–H and O–H groups in total. The monoisotopic (exact) mass is 299 g/mol. The molecule has 0 aliphatic carbocycles. The summed E-state index contributed by atoms with van der Waals surface area (Å²) >= 11 is 0. The fourth-order valence-electron chi connectivity index (χ4n) is 2.17. The highest BCUT2D eigenvalue weighted by Crippen LogP contribution is 2.13. The molecule has 4 nitrogen and oxygen atoms in total. The number of amides is 1. The fourth-order valence-corrected chi connectivity index (χ4v) is 2.17. The zero-order chi connectivity index (χ0) is 15.8.